The molecule has 0 aliphatic carbocycles. The van der Waals surface area contributed by atoms with Crippen LogP contribution < -0.4 is 5.32 Å². The number of aliphatic hydroxyl groups excluding tert-OH is 1. The smallest absolute Gasteiger partial charge is 0.311 e. The van der Waals surface area contributed by atoms with Crippen LogP contribution in [0.1, 0.15) is 86.6 Å². The molecule has 4 aliphatic rings. The number of likely N-dealkylation sites (N-methyl/N-ethyl adjacent to an activating group) is 1. The summed E-state index contributed by atoms with van der Waals surface area (Å²) < 4.78 is 39.5. The van der Waals surface area contributed by atoms with Gasteiger partial charge in [0.2, 0.25) is 0 Å². The zero-order valence-corrected chi connectivity index (χ0v) is 36.3. The van der Waals surface area contributed by atoms with Crippen LogP contribution in [0.4, 0.5) is 0 Å². The molecule has 12 nitrogen and oxygen atoms in total. The molecule has 12 heteroatoms. The fraction of sp³-hybridized carbons (Fsp3) is 0.717. The number of Topliss-reactive ketones (excluding diaryl/α,β-unsaturated/α-hetero) is 1. The highest BCUT2D eigenvalue weighted by Gasteiger charge is 2.57. The van der Waals surface area contributed by atoms with Crippen molar-refractivity contribution in [1.82, 2.24) is 10.2 Å². The van der Waals surface area contributed by atoms with E-state index in [1.165, 1.54) is 16.3 Å². The van der Waals surface area contributed by atoms with Crippen molar-refractivity contribution < 1.29 is 47.9 Å². The number of carbonyl (C=O) groups is 3. The van der Waals surface area contributed by atoms with Gasteiger partial charge in [-0.15, -0.1) is 0 Å². The zero-order valence-electron chi connectivity index (χ0n) is 36.3. The minimum atomic E-state index is -1.18. The summed E-state index contributed by atoms with van der Waals surface area (Å²) in [6, 6.07) is 14.3. The second-order valence-corrected chi connectivity index (χ2v) is 18.4. The fourth-order valence-electron chi connectivity index (χ4n) is 10.4. The van der Waals surface area contributed by atoms with Gasteiger partial charge in [0.15, 0.2) is 6.29 Å². The number of nitrogens with one attached hydrogen (secondary N) is 1. The second-order valence-electron chi connectivity index (χ2n) is 18.4. The van der Waals surface area contributed by atoms with E-state index in [1.807, 2.05) is 79.6 Å². The molecule has 2 aromatic carbocycles. The highest BCUT2D eigenvalue weighted by molar-refractivity contribution is 5.85. The Kier molecular flexibility index (Phi) is 14.1. The minimum absolute atomic E-state index is 0.0367. The number of carbonyl (C=O) groups excluding carboxylic acids is 3. The Balaban J connectivity index is 1.37. The van der Waals surface area contributed by atoms with Crippen LogP contribution in [-0.4, -0.2) is 122 Å². The van der Waals surface area contributed by atoms with Gasteiger partial charge in [0, 0.05) is 29.7 Å². The van der Waals surface area contributed by atoms with Crippen molar-refractivity contribution in [1.29, 1.82) is 0 Å². The standard InChI is InChI=1S/C46H68N2O10/c1-11-37-46(8)35(22-38(49)58-46)28(4)39(50)26(2)23-45(7)42(57-44-40(51)36(48(9)10)20-27(3)55-44)29(5)41(30(6)43(52)56-37)53-24-34(25-54-45)47-19-18-31-16-17-32-14-12-13-15-33(32)21-31/h12-17,21,26-30,34-37,40-42,44,47,51H,11,18-20,22-25H2,1-10H3/t26-,27-,28-,29+,30-,34?,35?,36+,37-,40-,41+,42-,44+,45-,46+/m1/s1. The van der Waals surface area contributed by atoms with Crippen LogP contribution in [0, 0.1) is 29.6 Å². The molecular formula is C46H68N2O10. The third kappa shape index (κ3) is 9.33. The van der Waals surface area contributed by atoms with E-state index in [0.717, 1.165) is 6.42 Å². The van der Waals surface area contributed by atoms with E-state index in [1.54, 1.807) is 6.92 Å². The molecular weight excluding hydrogens is 741 g/mol. The fourth-order valence-corrected chi connectivity index (χ4v) is 10.4. The molecule has 0 amide bonds. The van der Waals surface area contributed by atoms with Crippen LogP contribution in [0.15, 0.2) is 42.5 Å². The minimum Gasteiger partial charge on any atom is -0.458 e. The largest absolute Gasteiger partial charge is 0.458 e. The lowest BCUT2D eigenvalue weighted by molar-refractivity contribution is -0.302. The molecule has 6 rings (SSSR count). The number of benzene rings is 2. The molecule has 2 N–H and O–H groups in total. The highest BCUT2D eigenvalue weighted by atomic mass is 16.7. The predicted octanol–water partition coefficient (Wildman–Crippen LogP) is 5.49. The van der Waals surface area contributed by atoms with Gasteiger partial charge < -0.3 is 43.7 Å². The van der Waals surface area contributed by atoms with E-state index >= 15 is 0 Å². The van der Waals surface area contributed by atoms with E-state index in [-0.39, 0.29) is 50.0 Å². The van der Waals surface area contributed by atoms with Crippen LogP contribution in [0.25, 0.3) is 10.8 Å². The third-order valence-corrected chi connectivity index (χ3v) is 13.8. The Morgan fingerprint density at radius 2 is 1.69 bits per heavy atom. The molecule has 0 spiro atoms. The number of ketones is 1. The van der Waals surface area contributed by atoms with Crippen LogP contribution in [0.3, 0.4) is 0 Å². The van der Waals surface area contributed by atoms with Crippen LogP contribution in [-0.2, 0) is 49.2 Å². The van der Waals surface area contributed by atoms with Crippen molar-refractivity contribution >= 4 is 28.5 Å². The predicted molar refractivity (Wildman–Crippen MR) is 220 cm³/mol. The Labute approximate surface area is 344 Å². The number of nitrogens with zero attached hydrogens (tertiary/aromatic N) is 1. The highest BCUT2D eigenvalue weighted by Crippen LogP contribution is 2.46. The molecule has 2 aromatic rings. The van der Waals surface area contributed by atoms with Crippen molar-refractivity contribution in [3.05, 3.63) is 48.0 Å². The SMILES string of the molecule is CC[C@H]1OC(=O)[C@H](C)[C@H]2OCC(NCCc3ccc4ccccc4c3)CO[C@](C)(C[C@@H](C)C(=O)[C@H](C)C3CC(=O)O[C@@]31C)[C@H](O[C@@H]1O[C@H](C)C[C@H](N(C)C)[C@H]1O)[C@H]2C. The quantitative estimate of drug-likeness (QED) is 0.326. The Hall–Kier alpha value is -2.97. The monoisotopic (exact) mass is 808 g/mol. The number of fused-ring (bicyclic) bond motifs is 5. The van der Waals surface area contributed by atoms with Crippen molar-refractivity contribution in [3.63, 3.8) is 0 Å². The van der Waals surface area contributed by atoms with Crippen molar-refractivity contribution in [2.75, 3.05) is 33.9 Å². The van der Waals surface area contributed by atoms with Gasteiger partial charge in [0.05, 0.1) is 55.5 Å². The van der Waals surface area contributed by atoms with Crippen LogP contribution in [0.2, 0.25) is 0 Å². The second kappa shape index (κ2) is 18.3. The first-order valence-electron chi connectivity index (χ1n) is 21.5. The van der Waals surface area contributed by atoms with Crippen molar-refractivity contribution in [2.24, 2.45) is 29.6 Å². The maximum absolute atomic E-state index is 14.6. The van der Waals surface area contributed by atoms with Crippen LogP contribution in [0.5, 0.6) is 0 Å². The van der Waals surface area contributed by atoms with Gasteiger partial charge >= 0.3 is 11.9 Å². The number of rotatable bonds is 8. The van der Waals surface area contributed by atoms with Gasteiger partial charge in [-0.3, -0.25) is 14.4 Å². The van der Waals surface area contributed by atoms with E-state index < -0.39 is 83.4 Å². The number of hydrogen-bond acceptors (Lipinski definition) is 12. The van der Waals surface area contributed by atoms with Gasteiger partial charge in [-0.25, -0.2) is 0 Å². The van der Waals surface area contributed by atoms with E-state index in [0.29, 0.717) is 19.4 Å². The maximum atomic E-state index is 14.6. The molecule has 58 heavy (non-hydrogen) atoms. The molecule has 4 heterocycles. The summed E-state index contributed by atoms with van der Waals surface area (Å²) in [6.07, 6.45) is -2.39. The van der Waals surface area contributed by atoms with Crippen molar-refractivity contribution in [2.45, 2.75) is 148 Å². The molecule has 4 saturated heterocycles. The molecule has 4 aliphatic heterocycles. The first kappa shape index (κ1) is 44.6. The lowest BCUT2D eigenvalue weighted by Gasteiger charge is -2.48. The summed E-state index contributed by atoms with van der Waals surface area (Å²) in [5.41, 5.74) is -1.11. The number of ether oxygens (including phenoxy) is 6. The molecule has 15 atom stereocenters. The summed E-state index contributed by atoms with van der Waals surface area (Å²) >= 11 is 0. The van der Waals surface area contributed by atoms with Gasteiger partial charge in [-0.05, 0) is 90.4 Å². The maximum Gasteiger partial charge on any atom is 0.311 e. The summed E-state index contributed by atoms with van der Waals surface area (Å²) in [7, 11) is 3.86. The van der Waals surface area contributed by atoms with E-state index in [9.17, 15) is 19.5 Å². The number of cyclic esters (lactones) is 1. The average Bonchev–Trinajstić information content (AvgIpc) is 3.52. The van der Waals surface area contributed by atoms with Crippen molar-refractivity contribution in [3.8, 4) is 0 Å². The lowest BCUT2D eigenvalue weighted by atomic mass is 9.70. The Morgan fingerprint density at radius 1 is 0.966 bits per heavy atom. The molecule has 322 valence electrons. The van der Waals surface area contributed by atoms with Gasteiger partial charge in [0.25, 0.3) is 0 Å². The molecule has 4 fully saturated rings. The summed E-state index contributed by atoms with van der Waals surface area (Å²) in [6.45, 7) is 16.3. The third-order valence-electron chi connectivity index (χ3n) is 13.8. The summed E-state index contributed by atoms with van der Waals surface area (Å²) in [5.74, 6) is -3.83. The number of esters is 2. The van der Waals surface area contributed by atoms with E-state index in [4.69, 9.17) is 28.4 Å². The number of hydrogen-bond donors (Lipinski definition) is 2. The number of aliphatic hydroxyl groups is 1. The molecule has 0 aromatic heterocycles. The van der Waals surface area contributed by atoms with Gasteiger partial charge in [-0.2, -0.15) is 0 Å². The van der Waals surface area contributed by atoms with Gasteiger partial charge in [0.1, 0.15) is 23.6 Å². The normalized spacial score (nSPS) is 40.6. The van der Waals surface area contributed by atoms with E-state index in [2.05, 4.69) is 35.6 Å². The molecule has 0 radical (unpaired) electrons. The lowest BCUT2D eigenvalue weighted by Crippen LogP contribution is -2.60. The Morgan fingerprint density at radius 3 is 2.40 bits per heavy atom. The molecule has 2 unspecified atom stereocenters. The van der Waals surface area contributed by atoms with Gasteiger partial charge in [-0.1, -0.05) is 70.2 Å². The Bertz CT molecular complexity index is 1760. The summed E-state index contributed by atoms with van der Waals surface area (Å²) in [5, 5.41) is 17.8. The summed E-state index contributed by atoms with van der Waals surface area (Å²) in [4.78, 5) is 43.9. The molecule has 2 bridgehead atoms. The first-order valence-corrected chi connectivity index (χ1v) is 21.5. The zero-order chi connectivity index (χ0) is 42.1. The molecule has 0 saturated carbocycles. The topological polar surface area (TPSA) is 142 Å². The van der Waals surface area contributed by atoms with Crippen LogP contribution >= 0.6 is 0 Å². The first-order chi connectivity index (χ1) is 27.4. The average molecular weight is 809 g/mol.